The molecule has 0 saturated heterocycles. The third kappa shape index (κ3) is 3.30. The molecule has 0 atom stereocenters. The van der Waals surface area contributed by atoms with Crippen molar-refractivity contribution in [1.29, 1.82) is 0 Å². The average molecular weight is 317 g/mol. The number of hydrogen-bond acceptors (Lipinski definition) is 6. The largest absolute Gasteiger partial charge is 0.465 e. The lowest BCUT2D eigenvalue weighted by atomic mass is 10.1. The number of H-pyrrole nitrogens is 1. The molecule has 0 unspecified atom stereocenters. The van der Waals surface area contributed by atoms with Crippen LogP contribution in [-0.2, 0) is 16.0 Å². The van der Waals surface area contributed by atoms with Gasteiger partial charge in [0.05, 0.1) is 13.0 Å². The van der Waals surface area contributed by atoms with Gasteiger partial charge in [-0.15, -0.1) is 10.2 Å². The first-order valence-corrected chi connectivity index (χ1v) is 7.90. The van der Waals surface area contributed by atoms with E-state index in [0.717, 1.165) is 16.5 Å². The summed E-state index contributed by atoms with van der Waals surface area (Å²) in [6.07, 6.45) is 2.50. The van der Waals surface area contributed by atoms with Crippen LogP contribution in [0.5, 0.6) is 0 Å². The summed E-state index contributed by atoms with van der Waals surface area (Å²) < 4.78 is 10.4. The molecule has 3 aromatic rings. The van der Waals surface area contributed by atoms with Crippen LogP contribution in [0.1, 0.15) is 18.4 Å². The molecule has 2 heterocycles. The molecule has 0 saturated carbocycles. The van der Waals surface area contributed by atoms with E-state index in [4.69, 9.17) is 9.15 Å². The number of thioether (sulfide) groups is 1. The number of benzene rings is 1. The Morgan fingerprint density at radius 2 is 2.23 bits per heavy atom. The van der Waals surface area contributed by atoms with Gasteiger partial charge in [-0.1, -0.05) is 30.0 Å². The van der Waals surface area contributed by atoms with Gasteiger partial charge in [0, 0.05) is 17.1 Å². The molecule has 0 fully saturated rings. The van der Waals surface area contributed by atoms with Crippen LogP contribution in [0, 0.1) is 0 Å². The molecule has 1 N–H and O–H groups in total. The molecule has 2 aromatic heterocycles. The lowest BCUT2D eigenvalue weighted by Crippen LogP contribution is -2.06. The van der Waals surface area contributed by atoms with Crippen molar-refractivity contribution in [2.24, 2.45) is 0 Å². The van der Waals surface area contributed by atoms with E-state index in [9.17, 15) is 4.79 Å². The minimum atomic E-state index is -0.288. The molecule has 1 aromatic carbocycles. The van der Waals surface area contributed by atoms with Crippen molar-refractivity contribution in [2.45, 2.75) is 18.6 Å². The second-order valence-electron chi connectivity index (χ2n) is 4.59. The molecule has 7 heteroatoms. The Morgan fingerprint density at radius 1 is 1.36 bits per heavy atom. The minimum absolute atomic E-state index is 0.169. The van der Waals surface area contributed by atoms with E-state index in [1.165, 1.54) is 11.8 Å². The molecule has 3 rings (SSSR count). The van der Waals surface area contributed by atoms with Crippen molar-refractivity contribution < 1.29 is 13.9 Å². The summed E-state index contributed by atoms with van der Waals surface area (Å²) in [5.74, 6) is 0.405. The highest BCUT2D eigenvalue weighted by Gasteiger charge is 2.12. The van der Waals surface area contributed by atoms with Gasteiger partial charge in [-0.3, -0.25) is 4.79 Å². The predicted octanol–water partition coefficient (Wildman–Crippen LogP) is 2.80. The molecule has 0 bridgehead atoms. The summed E-state index contributed by atoms with van der Waals surface area (Å²) in [6.45, 7) is 2.14. The Bertz CT molecular complexity index is 781. The fourth-order valence-corrected chi connectivity index (χ4v) is 2.71. The Labute approximate surface area is 131 Å². The number of fused-ring (bicyclic) bond motifs is 1. The number of carbonyl (C=O) groups is 1. The third-order valence-electron chi connectivity index (χ3n) is 3.08. The van der Waals surface area contributed by atoms with Crippen molar-refractivity contribution in [1.82, 2.24) is 15.2 Å². The van der Waals surface area contributed by atoms with Crippen molar-refractivity contribution in [3.8, 4) is 0 Å². The van der Waals surface area contributed by atoms with Crippen molar-refractivity contribution in [3.05, 3.63) is 41.9 Å². The van der Waals surface area contributed by atoms with Crippen LogP contribution in [0.4, 0.5) is 0 Å². The van der Waals surface area contributed by atoms with Crippen LogP contribution < -0.4 is 0 Å². The van der Waals surface area contributed by atoms with Gasteiger partial charge in [-0.25, -0.2) is 0 Å². The zero-order valence-corrected chi connectivity index (χ0v) is 12.9. The maximum Gasteiger partial charge on any atom is 0.316 e. The second kappa shape index (κ2) is 6.65. The van der Waals surface area contributed by atoms with Gasteiger partial charge in [-0.2, -0.15) is 0 Å². The molecular weight excluding hydrogens is 302 g/mol. The topological polar surface area (TPSA) is 81.0 Å². The lowest BCUT2D eigenvalue weighted by molar-refractivity contribution is -0.139. The smallest absolute Gasteiger partial charge is 0.316 e. The Hall–Kier alpha value is -2.28. The van der Waals surface area contributed by atoms with Crippen LogP contribution in [-0.4, -0.2) is 33.5 Å². The Kier molecular flexibility index (Phi) is 4.43. The lowest BCUT2D eigenvalue weighted by Gasteiger charge is -1.98. The number of aromatic nitrogens is 3. The van der Waals surface area contributed by atoms with Crippen molar-refractivity contribution >= 4 is 28.6 Å². The van der Waals surface area contributed by atoms with Crippen LogP contribution >= 0.6 is 11.8 Å². The van der Waals surface area contributed by atoms with Gasteiger partial charge in [0.15, 0.2) is 0 Å². The highest BCUT2D eigenvalue weighted by molar-refractivity contribution is 7.99. The van der Waals surface area contributed by atoms with E-state index in [2.05, 4.69) is 15.2 Å². The van der Waals surface area contributed by atoms with Crippen LogP contribution in [0.2, 0.25) is 0 Å². The van der Waals surface area contributed by atoms with Gasteiger partial charge in [0.25, 0.3) is 5.22 Å². The summed E-state index contributed by atoms with van der Waals surface area (Å²) >= 11 is 1.18. The van der Waals surface area contributed by atoms with Gasteiger partial charge >= 0.3 is 5.97 Å². The molecule has 0 aliphatic heterocycles. The van der Waals surface area contributed by atoms with Crippen molar-refractivity contribution in [3.63, 3.8) is 0 Å². The predicted molar refractivity (Wildman–Crippen MR) is 82.8 cm³/mol. The maximum absolute atomic E-state index is 11.3. The molecule has 0 aliphatic carbocycles. The van der Waals surface area contributed by atoms with E-state index in [1.54, 1.807) is 6.92 Å². The molecule has 0 amide bonds. The number of rotatable bonds is 6. The molecule has 0 spiro atoms. The summed E-state index contributed by atoms with van der Waals surface area (Å²) in [6, 6.07) is 8.05. The first-order chi connectivity index (χ1) is 10.8. The zero-order valence-electron chi connectivity index (χ0n) is 12.0. The molecule has 0 aliphatic rings. The number of ether oxygens (including phenoxy) is 1. The molecule has 0 radical (unpaired) electrons. The summed E-state index contributed by atoms with van der Waals surface area (Å²) in [5.41, 5.74) is 2.18. The number of para-hydroxylation sites is 1. The number of hydrogen-bond donors (Lipinski definition) is 1. The van der Waals surface area contributed by atoms with Crippen LogP contribution in [0.3, 0.4) is 0 Å². The van der Waals surface area contributed by atoms with Crippen molar-refractivity contribution in [2.75, 3.05) is 12.4 Å². The average Bonchev–Trinajstić information content (AvgIpc) is 3.14. The van der Waals surface area contributed by atoms with Gasteiger partial charge in [-0.05, 0) is 18.6 Å². The van der Waals surface area contributed by atoms with E-state index in [-0.39, 0.29) is 11.7 Å². The first kappa shape index (κ1) is 14.6. The van der Waals surface area contributed by atoms with Crippen LogP contribution in [0.25, 0.3) is 10.9 Å². The number of aromatic amines is 1. The third-order valence-corrected chi connectivity index (χ3v) is 3.88. The summed E-state index contributed by atoms with van der Waals surface area (Å²) in [4.78, 5) is 14.5. The first-order valence-electron chi connectivity index (χ1n) is 6.92. The fraction of sp³-hybridized carbons (Fsp3) is 0.267. The van der Waals surface area contributed by atoms with Crippen LogP contribution in [0.15, 0.2) is 40.1 Å². The quantitative estimate of drug-likeness (QED) is 0.556. The summed E-state index contributed by atoms with van der Waals surface area (Å²) in [5, 5.41) is 9.47. The Balaban J connectivity index is 1.65. The molecule has 114 valence electrons. The SMILES string of the molecule is CCOC(=O)CSc1nnc(Cc2c[nH]c3ccccc23)o1. The Morgan fingerprint density at radius 3 is 3.09 bits per heavy atom. The van der Waals surface area contributed by atoms with E-state index in [0.29, 0.717) is 24.1 Å². The molecule has 6 nitrogen and oxygen atoms in total. The number of carbonyl (C=O) groups excluding carboxylic acids is 1. The maximum atomic E-state index is 11.3. The normalized spacial score (nSPS) is 11.0. The van der Waals surface area contributed by atoms with E-state index < -0.39 is 0 Å². The number of nitrogens with one attached hydrogen (secondary N) is 1. The number of esters is 1. The number of nitrogens with zero attached hydrogens (tertiary/aromatic N) is 2. The monoisotopic (exact) mass is 317 g/mol. The standard InChI is InChI=1S/C15H15N3O3S/c1-2-20-14(19)9-22-15-18-17-13(21-15)7-10-8-16-12-6-4-3-5-11(10)12/h3-6,8,16H,2,7,9H2,1H3. The molecular formula is C15H15N3O3S. The summed E-state index contributed by atoms with van der Waals surface area (Å²) in [7, 11) is 0. The molecule has 22 heavy (non-hydrogen) atoms. The van der Waals surface area contributed by atoms with Gasteiger partial charge in [0.1, 0.15) is 5.75 Å². The van der Waals surface area contributed by atoms with Gasteiger partial charge in [0.2, 0.25) is 5.89 Å². The highest BCUT2D eigenvalue weighted by Crippen LogP contribution is 2.22. The van der Waals surface area contributed by atoms with Gasteiger partial charge < -0.3 is 14.1 Å². The minimum Gasteiger partial charge on any atom is -0.465 e. The second-order valence-corrected chi connectivity index (χ2v) is 5.52. The fourth-order valence-electron chi connectivity index (χ4n) is 2.13. The zero-order chi connectivity index (χ0) is 15.4. The van der Waals surface area contributed by atoms with E-state index >= 15 is 0 Å². The highest BCUT2D eigenvalue weighted by atomic mass is 32.2. The van der Waals surface area contributed by atoms with E-state index in [1.807, 2.05) is 30.5 Å².